The smallest absolute Gasteiger partial charge is 0.412 e. The Kier molecular flexibility index (Phi) is 4.67. The van der Waals surface area contributed by atoms with E-state index in [4.69, 9.17) is 20.9 Å². The lowest BCUT2D eigenvalue weighted by Crippen LogP contribution is -2.16. The largest absolute Gasteiger partial charge is 0.441 e. The molecule has 1 N–H and O–H groups in total. The number of nitrogens with zero attached hydrogens (tertiary/aromatic N) is 1. The number of amides is 1. The molecule has 2 aromatic rings. The van der Waals surface area contributed by atoms with E-state index in [0.717, 1.165) is 5.56 Å². The first kappa shape index (κ1) is 14.9. The van der Waals surface area contributed by atoms with Crippen molar-refractivity contribution in [3.8, 4) is 0 Å². The van der Waals surface area contributed by atoms with Crippen LogP contribution in [0.25, 0.3) is 0 Å². The minimum Gasteiger partial charge on any atom is -0.441 e. The van der Waals surface area contributed by atoms with E-state index in [2.05, 4.69) is 26.4 Å². The van der Waals surface area contributed by atoms with Crippen LogP contribution >= 0.6 is 27.5 Å². The summed E-state index contributed by atoms with van der Waals surface area (Å²) in [5.74, 6) is 0. The molecule has 1 aromatic heterocycles. The van der Waals surface area contributed by atoms with Gasteiger partial charge in [0.25, 0.3) is 0 Å². The lowest BCUT2D eigenvalue weighted by Gasteiger charge is -2.14. The highest BCUT2D eigenvalue weighted by molar-refractivity contribution is 9.10. The van der Waals surface area contributed by atoms with Crippen LogP contribution in [-0.4, -0.2) is 11.2 Å². The van der Waals surface area contributed by atoms with Crippen LogP contribution in [-0.2, 0) is 4.74 Å². The van der Waals surface area contributed by atoms with Gasteiger partial charge in [-0.25, -0.2) is 4.79 Å². The van der Waals surface area contributed by atoms with Crippen molar-refractivity contribution in [2.24, 2.45) is 0 Å². The molecule has 20 heavy (non-hydrogen) atoms. The minimum atomic E-state index is -0.584. The number of ether oxygens (including phenoxy) is 1. The third-order valence-corrected chi connectivity index (χ3v) is 3.46. The van der Waals surface area contributed by atoms with E-state index in [-0.39, 0.29) is 0 Å². The Morgan fingerprint density at radius 1 is 1.45 bits per heavy atom. The zero-order valence-electron chi connectivity index (χ0n) is 10.8. The molecule has 0 fully saturated rings. The zero-order valence-corrected chi connectivity index (χ0v) is 13.2. The topological polar surface area (TPSA) is 64.4 Å². The highest BCUT2D eigenvalue weighted by Crippen LogP contribution is 2.26. The molecule has 106 valence electrons. The molecule has 0 saturated heterocycles. The lowest BCUT2D eigenvalue weighted by molar-refractivity contribution is 0.121. The molecule has 0 aliphatic carbocycles. The van der Waals surface area contributed by atoms with Crippen molar-refractivity contribution in [3.05, 3.63) is 45.2 Å². The number of rotatable bonds is 3. The molecule has 0 spiro atoms. The average Bonchev–Trinajstić information content (AvgIpc) is 2.71. The summed E-state index contributed by atoms with van der Waals surface area (Å²) in [6.45, 7) is 3.49. The fourth-order valence-electron chi connectivity index (χ4n) is 1.58. The van der Waals surface area contributed by atoms with Crippen molar-refractivity contribution in [1.82, 2.24) is 5.16 Å². The molecule has 0 aliphatic rings. The van der Waals surface area contributed by atoms with E-state index >= 15 is 0 Å². The number of anilines is 1. The number of benzene rings is 1. The van der Waals surface area contributed by atoms with Gasteiger partial charge in [-0.1, -0.05) is 28.9 Å². The van der Waals surface area contributed by atoms with Crippen molar-refractivity contribution in [1.29, 1.82) is 0 Å². The van der Waals surface area contributed by atoms with E-state index in [1.165, 1.54) is 0 Å². The summed E-state index contributed by atoms with van der Waals surface area (Å²) in [7, 11) is 0. The quantitative estimate of drug-likeness (QED) is 0.862. The Morgan fingerprint density at radius 3 is 2.65 bits per heavy atom. The average molecular weight is 360 g/mol. The predicted molar refractivity (Wildman–Crippen MR) is 78.9 cm³/mol. The monoisotopic (exact) mass is 358 g/mol. The van der Waals surface area contributed by atoms with Crippen LogP contribution in [0.2, 0.25) is 5.02 Å². The highest BCUT2D eigenvalue weighted by Gasteiger charge is 2.17. The van der Waals surface area contributed by atoms with Crippen molar-refractivity contribution >= 4 is 39.3 Å². The highest BCUT2D eigenvalue weighted by atomic mass is 79.9. The van der Waals surface area contributed by atoms with Crippen LogP contribution in [0.5, 0.6) is 0 Å². The second kappa shape index (κ2) is 6.28. The van der Waals surface area contributed by atoms with Gasteiger partial charge in [-0.05, 0) is 47.5 Å². The predicted octanol–water partition coefficient (Wildman–Crippen LogP) is 4.71. The van der Waals surface area contributed by atoms with Gasteiger partial charge >= 0.3 is 6.09 Å². The van der Waals surface area contributed by atoms with Crippen molar-refractivity contribution in [2.75, 3.05) is 5.32 Å². The normalized spacial score (nSPS) is 12.0. The van der Waals surface area contributed by atoms with E-state index < -0.39 is 12.2 Å². The van der Waals surface area contributed by atoms with E-state index in [0.29, 0.717) is 21.1 Å². The minimum absolute atomic E-state index is 0.353. The number of aromatic nitrogens is 1. The number of carbonyl (C=O) groups is 1. The second-order valence-corrected chi connectivity index (χ2v) is 5.30. The molecule has 1 aromatic carbocycles. The Balaban J connectivity index is 1.99. The van der Waals surface area contributed by atoms with Crippen molar-refractivity contribution in [2.45, 2.75) is 20.0 Å². The first-order valence-electron chi connectivity index (χ1n) is 5.82. The number of nitrogens with one attached hydrogen (secondary N) is 1. The standard InChI is InChI=1S/C13H12BrClN2O3/c1-7-11(12(14)20-17-7)16-13(18)19-8(2)9-3-5-10(15)6-4-9/h3-6,8H,1-2H3,(H,16,18). The summed E-state index contributed by atoms with van der Waals surface area (Å²) in [6.07, 6.45) is -0.981. The summed E-state index contributed by atoms with van der Waals surface area (Å²) in [5, 5.41) is 6.92. The maximum Gasteiger partial charge on any atom is 0.412 e. The summed E-state index contributed by atoms with van der Waals surface area (Å²) < 4.78 is 10.5. The van der Waals surface area contributed by atoms with Gasteiger partial charge < -0.3 is 9.26 Å². The molecule has 1 amide bonds. The number of hydrogen-bond donors (Lipinski definition) is 1. The Morgan fingerprint density at radius 2 is 2.10 bits per heavy atom. The zero-order chi connectivity index (χ0) is 14.7. The Bertz CT molecular complexity index is 593. The third-order valence-electron chi connectivity index (χ3n) is 2.67. The van der Waals surface area contributed by atoms with Crippen LogP contribution in [0.1, 0.15) is 24.3 Å². The van der Waals surface area contributed by atoms with Gasteiger partial charge in [0.15, 0.2) is 0 Å². The first-order valence-corrected chi connectivity index (χ1v) is 6.99. The molecule has 1 unspecified atom stereocenters. The molecule has 0 aliphatic heterocycles. The third kappa shape index (κ3) is 3.52. The second-order valence-electron chi connectivity index (χ2n) is 4.14. The number of aryl methyl sites for hydroxylation is 1. The molecular weight excluding hydrogens is 348 g/mol. The molecule has 1 atom stereocenters. The van der Waals surface area contributed by atoms with Gasteiger partial charge in [0.1, 0.15) is 17.5 Å². The molecule has 0 radical (unpaired) electrons. The molecule has 7 heteroatoms. The number of halogens is 2. The summed E-state index contributed by atoms with van der Waals surface area (Å²) in [6, 6.07) is 7.10. The van der Waals surface area contributed by atoms with Crippen LogP contribution in [0, 0.1) is 6.92 Å². The fraction of sp³-hybridized carbons (Fsp3) is 0.231. The first-order chi connectivity index (χ1) is 9.47. The van der Waals surface area contributed by atoms with Gasteiger partial charge in [-0.15, -0.1) is 0 Å². The van der Waals surface area contributed by atoms with E-state index in [1.54, 1.807) is 38.1 Å². The molecule has 1 heterocycles. The Hall–Kier alpha value is -1.53. The molecule has 0 saturated carbocycles. The SMILES string of the molecule is Cc1noc(Br)c1NC(=O)OC(C)c1ccc(Cl)cc1. The summed E-state index contributed by atoms with van der Waals surface area (Å²) >= 11 is 8.96. The van der Waals surface area contributed by atoms with Gasteiger partial charge in [-0.3, -0.25) is 5.32 Å². The van der Waals surface area contributed by atoms with Crippen molar-refractivity contribution < 1.29 is 14.1 Å². The molecule has 0 bridgehead atoms. The van der Waals surface area contributed by atoms with Gasteiger partial charge in [0, 0.05) is 5.02 Å². The van der Waals surface area contributed by atoms with E-state index in [9.17, 15) is 4.79 Å². The molecular formula is C13H12BrClN2O3. The Labute approximate surface area is 129 Å². The van der Waals surface area contributed by atoms with Crippen LogP contribution in [0.3, 0.4) is 0 Å². The number of carbonyl (C=O) groups excluding carboxylic acids is 1. The maximum atomic E-state index is 11.8. The van der Waals surface area contributed by atoms with E-state index in [1.807, 2.05) is 0 Å². The molecule has 5 nitrogen and oxygen atoms in total. The van der Waals surface area contributed by atoms with Crippen LogP contribution in [0.4, 0.5) is 10.5 Å². The summed E-state index contributed by atoms with van der Waals surface area (Å²) in [5.41, 5.74) is 1.87. The van der Waals surface area contributed by atoms with Crippen LogP contribution in [0.15, 0.2) is 33.5 Å². The fourth-order valence-corrected chi connectivity index (χ4v) is 2.16. The molecule has 2 rings (SSSR count). The van der Waals surface area contributed by atoms with Gasteiger partial charge in [-0.2, -0.15) is 0 Å². The summed E-state index contributed by atoms with van der Waals surface area (Å²) in [4.78, 5) is 11.8. The van der Waals surface area contributed by atoms with Crippen LogP contribution < -0.4 is 5.32 Å². The van der Waals surface area contributed by atoms with Crippen molar-refractivity contribution in [3.63, 3.8) is 0 Å². The maximum absolute atomic E-state index is 11.8. The lowest BCUT2D eigenvalue weighted by atomic mass is 10.1. The van der Waals surface area contributed by atoms with Gasteiger partial charge in [0.2, 0.25) is 4.67 Å². The van der Waals surface area contributed by atoms with Gasteiger partial charge in [0.05, 0.1) is 0 Å². The number of hydrogen-bond acceptors (Lipinski definition) is 4.